The van der Waals surface area contributed by atoms with Crippen molar-refractivity contribution in [3.05, 3.63) is 23.8 Å². The maximum absolute atomic E-state index is 12.8. The van der Waals surface area contributed by atoms with Crippen LogP contribution in [-0.2, 0) is 21.2 Å². The van der Waals surface area contributed by atoms with E-state index in [1.807, 2.05) is 0 Å². The van der Waals surface area contributed by atoms with Gasteiger partial charge in [0.05, 0.1) is 4.90 Å². The van der Waals surface area contributed by atoms with Crippen LogP contribution in [0.5, 0.6) is 0 Å². The monoisotopic (exact) mass is 393 g/mol. The van der Waals surface area contributed by atoms with Gasteiger partial charge in [-0.15, -0.1) is 0 Å². The molecule has 7 heteroatoms. The summed E-state index contributed by atoms with van der Waals surface area (Å²) in [5, 5.41) is 0. The standard InChI is InChI=1S/C20H31N3O3S/c1-15-8-11-22(12-9-15)16(2)14-21-27(25,26)19-6-7-20-18(13-19)5-4-10-23(20)17(3)24/h6-7,13,15-16,21H,4-5,8-12,14H2,1-3H3. The molecule has 0 aromatic heterocycles. The molecule has 1 aromatic rings. The number of amides is 1. The number of nitrogens with one attached hydrogen (secondary N) is 1. The van der Waals surface area contributed by atoms with Crippen molar-refractivity contribution in [2.75, 3.05) is 31.1 Å². The van der Waals surface area contributed by atoms with Crippen LogP contribution in [0.1, 0.15) is 45.6 Å². The van der Waals surface area contributed by atoms with E-state index in [4.69, 9.17) is 0 Å². The SMILES string of the molecule is CC(=O)N1CCCc2cc(S(=O)(=O)NCC(C)N3CCC(C)CC3)ccc21. The third-order valence-electron chi connectivity index (χ3n) is 5.87. The van der Waals surface area contributed by atoms with Crippen molar-refractivity contribution in [3.8, 4) is 0 Å². The van der Waals surface area contributed by atoms with Crippen LogP contribution in [0.2, 0.25) is 0 Å². The molecule has 1 fully saturated rings. The van der Waals surface area contributed by atoms with E-state index < -0.39 is 10.0 Å². The van der Waals surface area contributed by atoms with Gasteiger partial charge in [0.15, 0.2) is 0 Å². The number of hydrogen-bond acceptors (Lipinski definition) is 4. The second kappa shape index (κ2) is 8.29. The number of likely N-dealkylation sites (tertiary alicyclic amines) is 1. The first-order valence-electron chi connectivity index (χ1n) is 9.92. The maximum Gasteiger partial charge on any atom is 0.240 e. The van der Waals surface area contributed by atoms with E-state index in [9.17, 15) is 13.2 Å². The largest absolute Gasteiger partial charge is 0.312 e. The summed E-state index contributed by atoms with van der Waals surface area (Å²) in [6, 6.07) is 5.27. The maximum atomic E-state index is 12.8. The molecule has 0 radical (unpaired) electrons. The number of benzene rings is 1. The number of fused-ring (bicyclic) bond motifs is 1. The van der Waals surface area contributed by atoms with Gasteiger partial charge in [0, 0.05) is 31.7 Å². The van der Waals surface area contributed by atoms with Gasteiger partial charge in [-0.05, 0) is 75.4 Å². The quantitative estimate of drug-likeness (QED) is 0.834. The van der Waals surface area contributed by atoms with Crippen molar-refractivity contribution >= 4 is 21.6 Å². The fraction of sp³-hybridized carbons (Fsp3) is 0.650. The van der Waals surface area contributed by atoms with Gasteiger partial charge < -0.3 is 4.90 Å². The highest BCUT2D eigenvalue weighted by Gasteiger charge is 2.25. The van der Waals surface area contributed by atoms with Gasteiger partial charge in [0.25, 0.3) is 0 Å². The minimum absolute atomic E-state index is 0.00523. The van der Waals surface area contributed by atoms with E-state index in [1.165, 1.54) is 12.8 Å². The Morgan fingerprint density at radius 2 is 1.96 bits per heavy atom. The summed E-state index contributed by atoms with van der Waals surface area (Å²) in [6.45, 7) is 9.06. The Balaban J connectivity index is 1.67. The molecule has 6 nitrogen and oxygen atoms in total. The van der Waals surface area contributed by atoms with E-state index in [2.05, 4.69) is 23.5 Å². The third-order valence-corrected chi connectivity index (χ3v) is 7.29. The summed E-state index contributed by atoms with van der Waals surface area (Å²) in [4.78, 5) is 16.2. The number of nitrogens with zero attached hydrogens (tertiary/aromatic N) is 2. The van der Waals surface area contributed by atoms with Crippen LogP contribution in [0, 0.1) is 5.92 Å². The molecule has 1 N–H and O–H groups in total. The van der Waals surface area contributed by atoms with Crippen LogP contribution in [0.4, 0.5) is 5.69 Å². The normalized spacial score (nSPS) is 20.3. The van der Waals surface area contributed by atoms with Crippen LogP contribution >= 0.6 is 0 Å². The summed E-state index contributed by atoms with van der Waals surface area (Å²) in [5.74, 6) is 0.754. The van der Waals surface area contributed by atoms with Gasteiger partial charge >= 0.3 is 0 Å². The predicted octanol–water partition coefficient (Wildman–Crippen LogP) is 2.38. The van der Waals surface area contributed by atoms with Gasteiger partial charge in [0.1, 0.15) is 0 Å². The minimum Gasteiger partial charge on any atom is -0.312 e. The first kappa shape index (κ1) is 20.3. The third kappa shape index (κ3) is 4.70. The lowest BCUT2D eigenvalue weighted by Gasteiger charge is -2.35. The Labute approximate surface area is 163 Å². The van der Waals surface area contributed by atoms with Crippen LogP contribution in [-0.4, -0.2) is 51.4 Å². The van der Waals surface area contributed by atoms with E-state index in [-0.39, 0.29) is 16.8 Å². The number of piperidine rings is 1. The molecular formula is C20H31N3O3S. The lowest BCUT2D eigenvalue weighted by molar-refractivity contribution is -0.116. The molecule has 1 aromatic carbocycles. The summed E-state index contributed by atoms with van der Waals surface area (Å²) >= 11 is 0. The predicted molar refractivity (Wildman–Crippen MR) is 107 cm³/mol. The van der Waals surface area contributed by atoms with Crippen LogP contribution in [0.15, 0.2) is 23.1 Å². The van der Waals surface area contributed by atoms with Crippen LogP contribution < -0.4 is 9.62 Å². The average molecular weight is 394 g/mol. The molecule has 0 saturated carbocycles. The first-order chi connectivity index (χ1) is 12.8. The summed E-state index contributed by atoms with van der Waals surface area (Å²) in [5.41, 5.74) is 1.76. The van der Waals surface area contributed by atoms with Gasteiger partial charge in [-0.25, -0.2) is 13.1 Å². The molecule has 1 saturated heterocycles. The van der Waals surface area contributed by atoms with Crippen molar-refractivity contribution < 1.29 is 13.2 Å². The van der Waals surface area contributed by atoms with Crippen molar-refractivity contribution in [3.63, 3.8) is 0 Å². The highest BCUT2D eigenvalue weighted by atomic mass is 32.2. The molecular weight excluding hydrogens is 362 g/mol. The summed E-state index contributed by atoms with van der Waals surface area (Å²) < 4.78 is 28.3. The van der Waals surface area contributed by atoms with Gasteiger partial charge in [-0.1, -0.05) is 6.92 Å². The zero-order chi connectivity index (χ0) is 19.6. The molecule has 3 rings (SSSR count). The molecule has 2 aliphatic heterocycles. The summed E-state index contributed by atoms with van der Waals surface area (Å²) in [6.07, 6.45) is 4.00. The van der Waals surface area contributed by atoms with Crippen LogP contribution in [0.25, 0.3) is 0 Å². The lowest BCUT2D eigenvalue weighted by atomic mass is 9.98. The minimum atomic E-state index is -3.56. The Bertz CT molecular complexity index is 786. The number of carbonyl (C=O) groups excluding carboxylic acids is 1. The second-order valence-corrected chi connectivity index (χ2v) is 9.75. The number of carbonyl (C=O) groups is 1. The lowest BCUT2D eigenvalue weighted by Crippen LogP contribution is -2.45. The molecule has 0 spiro atoms. The van der Waals surface area contributed by atoms with Crippen molar-refractivity contribution in [2.45, 2.75) is 57.4 Å². The zero-order valence-corrected chi connectivity index (χ0v) is 17.4. The first-order valence-corrected chi connectivity index (χ1v) is 11.4. The molecule has 150 valence electrons. The molecule has 27 heavy (non-hydrogen) atoms. The molecule has 1 atom stereocenters. The number of anilines is 1. The van der Waals surface area contributed by atoms with E-state index >= 15 is 0 Å². The second-order valence-electron chi connectivity index (χ2n) is 7.98. The molecule has 1 amide bonds. The van der Waals surface area contributed by atoms with E-state index in [0.717, 1.165) is 43.1 Å². The Morgan fingerprint density at radius 1 is 1.26 bits per heavy atom. The molecule has 1 unspecified atom stereocenters. The molecule has 2 heterocycles. The van der Waals surface area contributed by atoms with Gasteiger partial charge in [-0.2, -0.15) is 0 Å². The number of hydrogen-bond donors (Lipinski definition) is 1. The molecule has 0 bridgehead atoms. The topological polar surface area (TPSA) is 69.7 Å². The van der Waals surface area contributed by atoms with E-state index in [0.29, 0.717) is 13.1 Å². The van der Waals surface area contributed by atoms with Gasteiger partial charge in [0.2, 0.25) is 15.9 Å². The Morgan fingerprint density at radius 3 is 2.63 bits per heavy atom. The Hall–Kier alpha value is -1.44. The fourth-order valence-electron chi connectivity index (χ4n) is 3.98. The zero-order valence-electron chi connectivity index (χ0n) is 16.6. The van der Waals surface area contributed by atoms with Gasteiger partial charge in [-0.3, -0.25) is 9.69 Å². The summed E-state index contributed by atoms with van der Waals surface area (Å²) in [7, 11) is -3.56. The number of rotatable bonds is 5. The van der Waals surface area contributed by atoms with Crippen LogP contribution in [0.3, 0.4) is 0 Å². The highest BCUT2D eigenvalue weighted by Crippen LogP contribution is 2.29. The van der Waals surface area contributed by atoms with Crippen molar-refractivity contribution in [1.29, 1.82) is 0 Å². The van der Waals surface area contributed by atoms with Crippen molar-refractivity contribution in [2.24, 2.45) is 5.92 Å². The number of sulfonamides is 1. The highest BCUT2D eigenvalue weighted by molar-refractivity contribution is 7.89. The Kier molecular flexibility index (Phi) is 6.23. The van der Waals surface area contributed by atoms with E-state index in [1.54, 1.807) is 30.0 Å². The molecule has 2 aliphatic rings. The number of aryl methyl sites for hydroxylation is 1. The average Bonchev–Trinajstić information content (AvgIpc) is 2.65. The smallest absolute Gasteiger partial charge is 0.240 e. The fourth-order valence-corrected chi connectivity index (χ4v) is 5.15. The molecule has 0 aliphatic carbocycles. The van der Waals surface area contributed by atoms with Crippen molar-refractivity contribution in [1.82, 2.24) is 9.62 Å².